The van der Waals surface area contributed by atoms with E-state index in [1.807, 2.05) is 19.9 Å². The topological polar surface area (TPSA) is 141 Å². The van der Waals surface area contributed by atoms with Gasteiger partial charge in [0.05, 0.1) is 10.6 Å². The molecule has 0 spiro atoms. The van der Waals surface area contributed by atoms with Crippen LogP contribution in [0.2, 0.25) is 0 Å². The van der Waals surface area contributed by atoms with E-state index in [9.17, 15) is 20.2 Å². The summed E-state index contributed by atoms with van der Waals surface area (Å²) in [5.41, 5.74) is 1.39. The Kier molecular flexibility index (Phi) is 5.26. The molecule has 0 saturated carbocycles. The van der Waals surface area contributed by atoms with E-state index in [-0.39, 0.29) is 29.5 Å². The Morgan fingerprint density at radius 3 is 2.54 bits per heavy atom. The fourth-order valence-electron chi connectivity index (χ4n) is 2.84. The van der Waals surface area contributed by atoms with Crippen molar-refractivity contribution in [1.82, 2.24) is 19.9 Å². The van der Waals surface area contributed by atoms with Gasteiger partial charge in [0.25, 0.3) is 11.2 Å². The molecule has 1 aromatic carbocycles. The molecule has 0 amide bonds. The first kappa shape index (κ1) is 18.9. The van der Waals surface area contributed by atoms with Gasteiger partial charge in [-0.3, -0.25) is 14.9 Å². The van der Waals surface area contributed by atoms with E-state index in [0.717, 1.165) is 4.68 Å². The molecule has 0 aliphatic rings. The molecule has 2 aromatic heterocycles. The molecule has 3 aromatic rings. The SMILES string of the molecule is CCc1nn(Cc2nc(-c3ccc([N+](=O)[O-])cc3)no2)c(=O)c(C#N)c1CC. The Balaban J connectivity index is 1.93. The number of hydrogen-bond donors (Lipinski definition) is 0. The van der Waals surface area contributed by atoms with Crippen LogP contribution in [-0.2, 0) is 19.4 Å². The van der Waals surface area contributed by atoms with E-state index in [1.54, 1.807) is 0 Å². The second-order valence-corrected chi connectivity index (χ2v) is 5.90. The molecule has 142 valence electrons. The number of aromatic nitrogens is 4. The number of non-ortho nitro benzene ring substituents is 1. The highest BCUT2D eigenvalue weighted by atomic mass is 16.6. The predicted octanol–water partition coefficient (Wildman–Crippen LogP) is 2.25. The smallest absolute Gasteiger partial charge is 0.285 e. The second-order valence-electron chi connectivity index (χ2n) is 5.90. The average Bonchev–Trinajstić information content (AvgIpc) is 3.17. The molecule has 10 heteroatoms. The maximum atomic E-state index is 12.6. The number of aryl methyl sites for hydroxylation is 1. The highest BCUT2D eigenvalue weighted by Crippen LogP contribution is 2.20. The van der Waals surface area contributed by atoms with Gasteiger partial charge >= 0.3 is 0 Å². The number of nitro benzene ring substituents is 1. The Hall–Kier alpha value is -3.87. The Morgan fingerprint density at radius 2 is 1.96 bits per heavy atom. The minimum Gasteiger partial charge on any atom is -0.337 e. The highest BCUT2D eigenvalue weighted by molar-refractivity contribution is 5.56. The number of rotatable bonds is 6. The van der Waals surface area contributed by atoms with Gasteiger partial charge in [-0.2, -0.15) is 15.3 Å². The van der Waals surface area contributed by atoms with E-state index in [2.05, 4.69) is 15.2 Å². The predicted molar refractivity (Wildman–Crippen MR) is 97.5 cm³/mol. The standard InChI is InChI=1S/C18H16N6O4/c1-3-13-14(9-19)18(25)23(21-15(13)4-2)10-16-20-17(22-28-16)11-5-7-12(8-6-11)24(26)27/h5-8H,3-4,10H2,1-2H3. The lowest BCUT2D eigenvalue weighted by Gasteiger charge is -2.10. The van der Waals surface area contributed by atoms with Crippen LogP contribution in [0.4, 0.5) is 5.69 Å². The van der Waals surface area contributed by atoms with Crippen LogP contribution in [0.1, 0.15) is 36.6 Å². The highest BCUT2D eigenvalue weighted by Gasteiger charge is 2.17. The number of benzene rings is 1. The lowest BCUT2D eigenvalue weighted by atomic mass is 10.0. The van der Waals surface area contributed by atoms with Gasteiger partial charge in [0.2, 0.25) is 11.7 Å². The van der Waals surface area contributed by atoms with Crippen molar-refractivity contribution in [3.05, 3.63) is 67.4 Å². The third-order valence-corrected chi connectivity index (χ3v) is 4.23. The molecule has 2 heterocycles. The van der Waals surface area contributed by atoms with Gasteiger partial charge in [-0.15, -0.1) is 0 Å². The molecule has 0 saturated heterocycles. The maximum absolute atomic E-state index is 12.6. The monoisotopic (exact) mass is 380 g/mol. The van der Waals surface area contributed by atoms with Gasteiger partial charge in [0.1, 0.15) is 18.2 Å². The molecule has 0 radical (unpaired) electrons. The minimum absolute atomic E-state index is 0.0460. The van der Waals surface area contributed by atoms with Gasteiger partial charge < -0.3 is 4.52 Å². The molecule has 0 bridgehead atoms. The molecule has 0 atom stereocenters. The van der Waals surface area contributed by atoms with Gasteiger partial charge in [0, 0.05) is 17.7 Å². The molecule has 28 heavy (non-hydrogen) atoms. The van der Waals surface area contributed by atoms with Crippen LogP contribution >= 0.6 is 0 Å². The lowest BCUT2D eigenvalue weighted by molar-refractivity contribution is -0.384. The molecule has 0 N–H and O–H groups in total. The van der Waals surface area contributed by atoms with Crippen LogP contribution in [0.25, 0.3) is 11.4 Å². The zero-order chi connectivity index (χ0) is 20.3. The van der Waals surface area contributed by atoms with Crippen LogP contribution in [0, 0.1) is 21.4 Å². The fraction of sp³-hybridized carbons (Fsp3) is 0.278. The van der Waals surface area contributed by atoms with Crippen LogP contribution in [0.3, 0.4) is 0 Å². The van der Waals surface area contributed by atoms with Crippen LogP contribution in [0.5, 0.6) is 0 Å². The summed E-state index contributed by atoms with van der Waals surface area (Å²) in [6.07, 6.45) is 1.12. The number of hydrogen-bond acceptors (Lipinski definition) is 8. The fourth-order valence-corrected chi connectivity index (χ4v) is 2.84. The largest absolute Gasteiger partial charge is 0.337 e. The zero-order valence-corrected chi connectivity index (χ0v) is 15.2. The van der Waals surface area contributed by atoms with Gasteiger partial charge in [0.15, 0.2) is 0 Å². The molecule has 0 unspecified atom stereocenters. The molecular formula is C18H16N6O4. The van der Waals surface area contributed by atoms with Gasteiger partial charge in [-0.05, 0) is 30.5 Å². The van der Waals surface area contributed by atoms with Gasteiger partial charge in [-0.25, -0.2) is 4.68 Å². The molecule has 0 aliphatic heterocycles. The maximum Gasteiger partial charge on any atom is 0.285 e. The summed E-state index contributed by atoms with van der Waals surface area (Å²) in [4.78, 5) is 27.0. The average molecular weight is 380 g/mol. The molecule has 10 nitrogen and oxygen atoms in total. The first-order valence-electron chi connectivity index (χ1n) is 8.58. The van der Waals surface area contributed by atoms with Crippen molar-refractivity contribution in [3.63, 3.8) is 0 Å². The molecule has 3 rings (SSSR count). The van der Waals surface area contributed by atoms with E-state index in [1.165, 1.54) is 24.3 Å². The third kappa shape index (κ3) is 3.50. The first-order valence-corrected chi connectivity index (χ1v) is 8.58. The normalized spacial score (nSPS) is 10.6. The van der Waals surface area contributed by atoms with E-state index >= 15 is 0 Å². The second kappa shape index (κ2) is 7.79. The number of nitriles is 1. The van der Waals surface area contributed by atoms with Crippen LogP contribution in [0.15, 0.2) is 33.6 Å². The van der Waals surface area contributed by atoms with Crippen molar-refractivity contribution in [2.24, 2.45) is 0 Å². The number of nitrogens with zero attached hydrogens (tertiary/aromatic N) is 6. The van der Waals surface area contributed by atoms with Crippen molar-refractivity contribution in [2.75, 3.05) is 0 Å². The lowest BCUT2D eigenvalue weighted by Crippen LogP contribution is -2.29. The zero-order valence-electron chi connectivity index (χ0n) is 15.2. The third-order valence-electron chi connectivity index (χ3n) is 4.23. The van der Waals surface area contributed by atoms with E-state index in [0.29, 0.717) is 29.7 Å². The minimum atomic E-state index is -0.508. The molecule has 0 aliphatic carbocycles. The van der Waals surface area contributed by atoms with Crippen LogP contribution in [-0.4, -0.2) is 24.8 Å². The van der Waals surface area contributed by atoms with Crippen molar-refractivity contribution in [2.45, 2.75) is 33.2 Å². The molecule has 0 fully saturated rings. The summed E-state index contributed by atoms with van der Waals surface area (Å²) >= 11 is 0. The summed E-state index contributed by atoms with van der Waals surface area (Å²) in [7, 11) is 0. The summed E-state index contributed by atoms with van der Waals surface area (Å²) in [6, 6.07) is 7.67. The quantitative estimate of drug-likeness (QED) is 0.468. The summed E-state index contributed by atoms with van der Waals surface area (Å²) in [6.45, 7) is 3.69. The summed E-state index contributed by atoms with van der Waals surface area (Å²) in [5, 5.41) is 28.3. The first-order chi connectivity index (χ1) is 13.5. The Bertz CT molecular complexity index is 1120. The number of nitro groups is 1. The van der Waals surface area contributed by atoms with Gasteiger partial charge in [-0.1, -0.05) is 19.0 Å². The van der Waals surface area contributed by atoms with Crippen molar-refractivity contribution < 1.29 is 9.45 Å². The molecular weight excluding hydrogens is 364 g/mol. The Labute approximate surface area is 159 Å². The van der Waals surface area contributed by atoms with Crippen molar-refractivity contribution in [3.8, 4) is 17.5 Å². The van der Waals surface area contributed by atoms with Crippen molar-refractivity contribution in [1.29, 1.82) is 5.26 Å². The summed E-state index contributed by atoms with van der Waals surface area (Å²) in [5.74, 6) is 0.373. The Morgan fingerprint density at radius 1 is 1.25 bits per heavy atom. The van der Waals surface area contributed by atoms with Crippen LogP contribution < -0.4 is 5.56 Å². The van der Waals surface area contributed by atoms with Crippen molar-refractivity contribution >= 4 is 5.69 Å². The van der Waals surface area contributed by atoms with E-state index < -0.39 is 10.5 Å². The summed E-state index contributed by atoms with van der Waals surface area (Å²) < 4.78 is 6.32. The van der Waals surface area contributed by atoms with E-state index in [4.69, 9.17) is 4.52 Å².